The Labute approximate surface area is 623 Å². The molecule has 498 valence electrons. The summed E-state index contributed by atoms with van der Waals surface area (Å²) >= 11 is 0. The second kappa shape index (κ2) is 35.7. The monoisotopic (exact) mass is 1670 g/mol. The van der Waals surface area contributed by atoms with Crippen molar-refractivity contribution < 1.29 is 81.7 Å². The maximum absolute atomic E-state index is 4.71. The van der Waals surface area contributed by atoms with E-state index in [1.807, 2.05) is 172 Å². The van der Waals surface area contributed by atoms with Gasteiger partial charge in [0.05, 0.1) is 39.9 Å². The topological polar surface area (TPSA) is 319 Å². The molecule has 0 aliphatic heterocycles. The second-order valence-electron chi connectivity index (χ2n) is 21.2. The van der Waals surface area contributed by atoms with E-state index in [2.05, 4.69) is 115 Å². The zero-order chi connectivity index (χ0) is 64.6. The first-order valence-corrected chi connectivity index (χ1v) is 30.0. The van der Waals surface area contributed by atoms with Gasteiger partial charge < -0.3 is 65.0 Å². The Balaban J connectivity index is 0.000000152. The Kier molecular flexibility index (Phi) is 26.2. The van der Waals surface area contributed by atoms with E-state index in [4.69, 9.17) is 4.98 Å². The van der Waals surface area contributed by atoms with E-state index in [1.54, 1.807) is 74.4 Å². The Morgan fingerprint density at radius 3 is 0.939 bits per heavy atom. The van der Waals surface area contributed by atoms with Crippen molar-refractivity contribution in [2.45, 2.75) is 46.5 Å². The molecule has 0 saturated heterocycles. The predicted molar refractivity (Wildman–Crippen MR) is 352 cm³/mol. The fourth-order valence-electron chi connectivity index (χ4n) is 9.75. The molecule has 0 fully saturated rings. The molecule has 0 spiro atoms. The minimum absolute atomic E-state index is 0. The van der Waals surface area contributed by atoms with Crippen molar-refractivity contribution in [3.05, 3.63) is 289 Å². The summed E-state index contributed by atoms with van der Waals surface area (Å²) in [5, 5.41) is 8.07. The van der Waals surface area contributed by atoms with E-state index in [-0.39, 0.29) is 81.7 Å². The van der Waals surface area contributed by atoms with Crippen LogP contribution < -0.4 is 40.0 Å². The molecule has 0 N–H and O–H groups in total. The normalized spacial score (nSPS) is 10.4. The number of imidazole rings is 4. The summed E-state index contributed by atoms with van der Waals surface area (Å²) in [6, 6.07) is 48.5. The molecule has 24 nitrogen and oxygen atoms in total. The molecule has 0 saturated carbocycles. The maximum atomic E-state index is 4.71. The van der Waals surface area contributed by atoms with Crippen molar-refractivity contribution in [3.63, 3.8) is 0 Å². The third-order valence-corrected chi connectivity index (χ3v) is 14.1. The van der Waals surface area contributed by atoms with E-state index < -0.39 is 0 Å². The number of aryl methyl sites for hydroxylation is 3. The van der Waals surface area contributed by atoms with Crippen LogP contribution in [-0.2, 0) is 107 Å². The van der Waals surface area contributed by atoms with Gasteiger partial charge in [-0.3, -0.25) is 24.9 Å². The second-order valence-corrected chi connectivity index (χ2v) is 21.2. The molecule has 16 aromatic heterocycles. The number of hydrogen-bond donors (Lipinski definition) is 0. The molecule has 99 heavy (non-hydrogen) atoms. The van der Waals surface area contributed by atoms with Crippen LogP contribution in [0.15, 0.2) is 226 Å². The van der Waals surface area contributed by atoms with Crippen molar-refractivity contribution in [1.29, 1.82) is 0 Å². The summed E-state index contributed by atoms with van der Waals surface area (Å²) in [6.07, 6.45) is 22.7. The Bertz CT molecular complexity index is 4590. The van der Waals surface area contributed by atoms with Crippen molar-refractivity contribution in [3.8, 4) is 92.0 Å². The minimum atomic E-state index is 0. The van der Waals surface area contributed by atoms with Crippen molar-refractivity contribution in [2.75, 3.05) is 0 Å². The van der Waals surface area contributed by atoms with Crippen molar-refractivity contribution in [1.82, 2.24) is 120 Å². The number of nitrogens with zero attached hydrogens (tertiary/aromatic N) is 24. The van der Waals surface area contributed by atoms with Crippen molar-refractivity contribution in [2.24, 2.45) is 0 Å². The SMILES string of the molecule is Cc1cc(-c2nccc(Cc3cccc(-c4ncc[n-]4)n3)n2)[n-]n1.Cc1ccc(-c2cccc(Cc3cccc(-c4ncc[n-]4)n3)n2)[n-]1.Cc1ccc(-c2nccc(Cc3cccc(-c4ncc[n-]4)n3)n2)[n-]1.[Pd+2].[Pd+2].[Pd+2].[Pd+2].c1cc(Cc2ccnc(-c3ccc[n-]3)n2)nc(-c2ncc[n-]2)c1. The molecule has 0 atom stereocenters. The fraction of sp³-hybridized carbons (Fsp3) is 0.0986. The van der Waals surface area contributed by atoms with E-state index in [9.17, 15) is 0 Å². The van der Waals surface area contributed by atoms with Gasteiger partial charge in [0, 0.05) is 84.1 Å². The Morgan fingerprint density at radius 2 is 0.616 bits per heavy atom. The average molecular weight is 1670 g/mol. The van der Waals surface area contributed by atoms with E-state index in [0.29, 0.717) is 72.1 Å². The zero-order valence-electron chi connectivity index (χ0n) is 52.7. The third-order valence-electron chi connectivity index (χ3n) is 14.1. The summed E-state index contributed by atoms with van der Waals surface area (Å²) in [5.41, 5.74) is 17.2. The minimum Gasteiger partial charge on any atom is -0.661 e. The van der Waals surface area contributed by atoms with Crippen LogP contribution in [0, 0.1) is 20.8 Å². The molecule has 16 heterocycles. The molecule has 0 aliphatic rings. The van der Waals surface area contributed by atoms with Crippen LogP contribution in [0.4, 0.5) is 0 Å². The molecule has 0 amide bonds. The van der Waals surface area contributed by atoms with E-state index >= 15 is 0 Å². The van der Waals surface area contributed by atoms with Crippen LogP contribution in [0.5, 0.6) is 0 Å². The zero-order valence-corrected chi connectivity index (χ0v) is 58.9. The van der Waals surface area contributed by atoms with Gasteiger partial charge in [0.15, 0.2) is 0 Å². The summed E-state index contributed by atoms with van der Waals surface area (Å²) in [7, 11) is 0. The summed E-state index contributed by atoms with van der Waals surface area (Å²) in [6.45, 7) is 5.82. The quantitative estimate of drug-likeness (QED) is 0.0813. The van der Waals surface area contributed by atoms with Gasteiger partial charge in [0.2, 0.25) is 0 Å². The van der Waals surface area contributed by atoms with Gasteiger partial charge in [-0.1, -0.05) is 153 Å². The van der Waals surface area contributed by atoms with Gasteiger partial charge in [-0.25, -0.2) is 29.9 Å². The van der Waals surface area contributed by atoms with Gasteiger partial charge >= 0.3 is 81.7 Å². The molecule has 28 heteroatoms. The van der Waals surface area contributed by atoms with Crippen LogP contribution in [0.3, 0.4) is 0 Å². The first-order valence-electron chi connectivity index (χ1n) is 30.0. The Hall–Kier alpha value is -10.5. The van der Waals surface area contributed by atoms with Crippen LogP contribution in [0.1, 0.15) is 62.6 Å². The van der Waals surface area contributed by atoms with E-state index in [1.165, 1.54) is 0 Å². The number of aromatic nitrogens is 24. The van der Waals surface area contributed by atoms with Crippen molar-refractivity contribution >= 4 is 0 Å². The molecule has 16 rings (SSSR count). The fourth-order valence-corrected chi connectivity index (χ4v) is 9.75. The molecule has 0 aromatic carbocycles. The molecule has 0 unspecified atom stereocenters. The largest absolute Gasteiger partial charge is 2.00 e. The van der Waals surface area contributed by atoms with Gasteiger partial charge in [-0.15, -0.1) is 5.69 Å². The number of pyridine rings is 5. The molecular formula is C71H54N24Pd4. The van der Waals surface area contributed by atoms with Gasteiger partial charge in [0.1, 0.15) is 17.5 Å². The van der Waals surface area contributed by atoms with Gasteiger partial charge in [-0.2, -0.15) is 17.6 Å². The molecule has 0 radical (unpaired) electrons. The predicted octanol–water partition coefficient (Wildman–Crippen LogP) is 9.34. The first kappa shape index (κ1) is 72.8. The maximum Gasteiger partial charge on any atom is 2.00 e. The number of rotatable bonds is 16. The van der Waals surface area contributed by atoms with Crippen LogP contribution in [0.25, 0.3) is 92.0 Å². The first-order chi connectivity index (χ1) is 46.7. The van der Waals surface area contributed by atoms with Gasteiger partial charge in [0.25, 0.3) is 0 Å². The van der Waals surface area contributed by atoms with E-state index in [0.717, 1.165) is 108 Å². The number of hydrogen-bond acceptors (Lipinski definition) is 16. The Morgan fingerprint density at radius 1 is 0.273 bits per heavy atom. The molecule has 0 aliphatic carbocycles. The summed E-state index contributed by atoms with van der Waals surface area (Å²) < 4.78 is 0. The van der Waals surface area contributed by atoms with Crippen LogP contribution in [-0.4, -0.2) is 79.9 Å². The summed E-state index contributed by atoms with van der Waals surface area (Å²) in [4.78, 5) is 96.3. The van der Waals surface area contributed by atoms with Crippen LogP contribution in [0.2, 0.25) is 0 Å². The molecule has 0 bridgehead atoms. The average Bonchev–Trinajstić information content (AvgIpc) is 1.87. The standard InChI is InChI=1S/C19H15N5.C18H14N6.C17H13N7.C17H12N6.4Pd/c1-13-8-9-17(22-13)16-6-2-4-14(23-16)12-15-5-3-7-18(24-15)19-20-10-11-21-19;1-12-5-6-16(22-12)18-19-8-7-14(24-18)11-13-3-2-4-15(23-13)17-20-9-10-21-17;1-11-9-15(24-23-11)17-18-6-5-13(22-17)10-12-3-2-4-14(21-12)16-19-7-8-20-16;1-3-12(22-15(4-1)16-20-9-10-21-16)11-13-6-8-19-17(23-13)14-5-2-7-18-14;;;;/h2-11H,12H2,1H3;2-10H,11H2,1H3;2-9H,10H2,1H3;1-10H,11H2;;;;/q4*-2;4*+2. The smallest absolute Gasteiger partial charge is 0.661 e. The molecular weight excluding hydrogens is 1610 g/mol. The third kappa shape index (κ3) is 19.9. The molecule has 16 aromatic rings. The van der Waals surface area contributed by atoms with Gasteiger partial charge in [-0.05, 0) is 109 Å². The van der Waals surface area contributed by atoms with Crippen LogP contribution >= 0.6 is 0 Å². The summed E-state index contributed by atoms with van der Waals surface area (Å²) in [5.74, 6) is 4.38.